The molecule has 15 aromatic carbocycles. The van der Waals surface area contributed by atoms with Gasteiger partial charge in [-0.25, -0.2) is 0 Å². The molecule has 438 valence electrons. The molecule has 2 aliphatic heterocycles. The molecule has 21 rings (SSSR count). The average Bonchev–Trinajstić information content (AvgIpc) is 0.813. The van der Waals surface area contributed by atoms with Crippen molar-refractivity contribution in [1.82, 2.24) is 0 Å². The second-order valence-electron chi connectivity index (χ2n) is 24.7. The number of nitrogens with zero attached hydrogens (tertiary/aromatic N) is 4. The third-order valence-corrected chi connectivity index (χ3v) is 24.4. The maximum absolute atomic E-state index is 6.61. The van der Waals surface area contributed by atoms with Crippen molar-refractivity contribution in [2.45, 2.75) is 0 Å². The summed E-state index contributed by atoms with van der Waals surface area (Å²) >= 11 is 0.266. The normalized spacial score (nSPS) is 13.0. The topological polar surface area (TPSA) is 39.2 Å². The van der Waals surface area contributed by atoms with Gasteiger partial charge >= 0.3 is 487 Å². The Balaban J connectivity index is 0.874. The second kappa shape index (κ2) is 20.1. The fourth-order valence-corrected chi connectivity index (χ4v) is 20.3. The zero-order valence-corrected chi connectivity index (χ0v) is 53.7. The summed E-state index contributed by atoms with van der Waals surface area (Å²) < 4.78 is 18.8. The Morgan fingerprint density at radius 2 is 0.543 bits per heavy atom. The van der Waals surface area contributed by atoms with Crippen molar-refractivity contribution >= 4 is 201 Å². The molecule has 0 aliphatic carbocycles. The quantitative estimate of drug-likeness (QED) is 0.122. The molecule has 8 heteroatoms. The van der Waals surface area contributed by atoms with Crippen molar-refractivity contribution < 1.29 is 8.83 Å². The van der Waals surface area contributed by atoms with Gasteiger partial charge in [-0.3, -0.25) is 0 Å². The molecule has 0 bridgehead atoms. The van der Waals surface area contributed by atoms with E-state index in [0.717, 1.165) is 156 Å². The van der Waals surface area contributed by atoms with E-state index in [4.69, 9.17) is 8.83 Å². The monoisotopic (exact) mass is 1330 g/mol. The molecule has 0 radical (unpaired) electrons. The molecular formula is C86H50N4O2Se2. The van der Waals surface area contributed by atoms with Gasteiger partial charge in [0.05, 0.1) is 0 Å². The number of rotatable bonds is 6. The molecule has 19 aromatic rings. The Morgan fingerprint density at radius 1 is 0.191 bits per heavy atom. The first-order valence-electron chi connectivity index (χ1n) is 31.9. The van der Waals surface area contributed by atoms with Crippen molar-refractivity contribution in [3.05, 3.63) is 303 Å². The van der Waals surface area contributed by atoms with Gasteiger partial charge in [0.1, 0.15) is 11.2 Å². The van der Waals surface area contributed by atoms with Crippen LogP contribution in [-0.2, 0) is 0 Å². The molecule has 0 atom stereocenters. The van der Waals surface area contributed by atoms with E-state index < -0.39 is 0 Å². The van der Waals surface area contributed by atoms with Gasteiger partial charge in [-0.1, -0.05) is 36.4 Å². The number of fused-ring (bicyclic) bond motifs is 18. The third-order valence-electron chi connectivity index (χ3n) is 19.6. The van der Waals surface area contributed by atoms with Gasteiger partial charge < -0.3 is 8.83 Å². The molecule has 0 N–H and O–H groups in total. The minimum atomic E-state index is 0.133. The fourth-order valence-electron chi connectivity index (χ4n) is 15.6. The van der Waals surface area contributed by atoms with Gasteiger partial charge in [-0.2, -0.15) is 0 Å². The Bertz CT molecular complexity index is 6030. The number of para-hydroxylation sites is 8. The summed E-state index contributed by atoms with van der Waals surface area (Å²) in [6, 6.07) is 113. The third kappa shape index (κ3) is 7.65. The van der Waals surface area contributed by atoms with E-state index in [1.165, 1.54) is 38.6 Å². The van der Waals surface area contributed by atoms with Crippen LogP contribution < -0.4 is 19.6 Å². The summed E-state index contributed by atoms with van der Waals surface area (Å²) in [4.78, 5) is 10.0. The predicted octanol–water partition coefficient (Wildman–Crippen LogP) is 24.4. The van der Waals surface area contributed by atoms with E-state index in [1.807, 2.05) is 0 Å². The Morgan fingerprint density at radius 3 is 0.979 bits per heavy atom. The van der Waals surface area contributed by atoms with Gasteiger partial charge in [0.25, 0.3) is 0 Å². The molecule has 2 aliphatic rings. The second-order valence-corrected chi connectivity index (χ2v) is 29.2. The van der Waals surface area contributed by atoms with E-state index in [9.17, 15) is 0 Å². The van der Waals surface area contributed by atoms with Crippen LogP contribution in [0.4, 0.5) is 68.2 Å². The van der Waals surface area contributed by atoms with E-state index in [-0.39, 0.29) is 29.0 Å². The summed E-state index contributed by atoms with van der Waals surface area (Å²) in [5.41, 5.74) is 21.4. The SMILES string of the molecule is c1ccc(N2c3ccccc3N(c3ccc4c(-c5ccc6oc7ccccc7c6c5)c5cc(N6c7ccccc7N(c7ccccc7)c7cc8c(cc76)[se]c6ccccc68)ccc5c(-c5ccc6oc7ccccc7c6c5)c4c3)c3cc4[se]c5ccccc5c4cc32)cc1. The first kappa shape index (κ1) is 52.3. The van der Waals surface area contributed by atoms with Crippen molar-refractivity contribution in [3.8, 4) is 22.3 Å². The molecule has 0 unspecified atom stereocenters. The Labute approximate surface area is 551 Å². The fraction of sp³-hybridized carbons (Fsp3) is 0. The molecule has 0 spiro atoms. The Hall–Kier alpha value is -11.3. The van der Waals surface area contributed by atoms with E-state index in [2.05, 4.69) is 323 Å². The molecule has 4 aromatic heterocycles. The Kier molecular flexibility index (Phi) is 11.2. The van der Waals surface area contributed by atoms with Crippen LogP contribution in [0.1, 0.15) is 0 Å². The molecule has 94 heavy (non-hydrogen) atoms. The molecule has 0 amide bonds. The molecule has 0 fully saturated rings. The first-order chi connectivity index (χ1) is 46.6. The summed E-state index contributed by atoms with van der Waals surface area (Å²) in [5.74, 6) is 0. The van der Waals surface area contributed by atoms with Crippen LogP contribution in [0.15, 0.2) is 312 Å². The van der Waals surface area contributed by atoms with Crippen LogP contribution in [0.3, 0.4) is 0 Å². The van der Waals surface area contributed by atoms with E-state index >= 15 is 0 Å². The maximum atomic E-state index is 6.61. The zero-order valence-electron chi connectivity index (χ0n) is 50.3. The van der Waals surface area contributed by atoms with Gasteiger partial charge in [-0.15, -0.1) is 0 Å². The van der Waals surface area contributed by atoms with Crippen LogP contribution in [0, 0.1) is 0 Å². The van der Waals surface area contributed by atoms with Gasteiger partial charge in [0.15, 0.2) is 0 Å². The van der Waals surface area contributed by atoms with Crippen molar-refractivity contribution in [3.63, 3.8) is 0 Å². The predicted molar refractivity (Wildman–Crippen MR) is 397 cm³/mol. The summed E-state index contributed by atoms with van der Waals surface area (Å²) in [5, 5.41) is 14.2. The minimum absolute atomic E-state index is 0.133. The molecule has 0 saturated carbocycles. The van der Waals surface area contributed by atoms with Gasteiger partial charge in [-0.05, 0) is 12.1 Å². The molecule has 6 nitrogen and oxygen atoms in total. The molecule has 6 heterocycles. The van der Waals surface area contributed by atoms with Crippen LogP contribution in [0.2, 0.25) is 0 Å². The average molecular weight is 1330 g/mol. The van der Waals surface area contributed by atoms with Crippen molar-refractivity contribution in [2.24, 2.45) is 0 Å². The van der Waals surface area contributed by atoms with Crippen LogP contribution in [0.25, 0.3) is 126 Å². The first-order valence-corrected chi connectivity index (χ1v) is 35.3. The van der Waals surface area contributed by atoms with Gasteiger partial charge in [0, 0.05) is 0 Å². The number of benzene rings is 15. The van der Waals surface area contributed by atoms with Crippen molar-refractivity contribution in [1.29, 1.82) is 0 Å². The van der Waals surface area contributed by atoms with Crippen LogP contribution in [0.5, 0.6) is 0 Å². The standard InChI is InChI=1S/C86H50N4O2Se2/c1-3-19-53(20-4-1)87-69-27-11-13-29-71(69)89(75-49-83-65(47-73(75)87)59-25-9-17-33-81(59)93-83)55-37-39-61-67(45-55)85(51-35-41-79-63(43-51)57-23-7-15-31-77(57)91-79)62-40-38-56(46-68(62)86(61)52-36-42-80-64(44-52)58-24-8-16-32-78(58)92-80)90-72-30-14-12-28-70(72)88(54-21-5-2-6-22-54)74-48-66-60-26-10-18-34-82(60)94-84(66)50-76(74)90/h1-50H. The van der Waals surface area contributed by atoms with Crippen LogP contribution in [-0.4, -0.2) is 29.0 Å². The number of hydrogen-bond donors (Lipinski definition) is 0. The number of hydrogen-bond acceptors (Lipinski definition) is 6. The summed E-state index contributed by atoms with van der Waals surface area (Å²) in [7, 11) is 0. The van der Waals surface area contributed by atoms with Crippen LogP contribution >= 0.6 is 0 Å². The van der Waals surface area contributed by atoms with E-state index in [0.29, 0.717) is 0 Å². The summed E-state index contributed by atoms with van der Waals surface area (Å²) in [6.45, 7) is 0. The molecule has 0 saturated heterocycles. The zero-order chi connectivity index (χ0) is 61.3. The van der Waals surface area contributed by atoms with Gasteiger partial charge in [0.2, 0.25) is 0 Å². The number of anilines is 12. The van der Waals surface area contributed by atoms with E-state index in [1.54, 1.807) is 0 Å². The number of furan rings is 2. The summed E-state index contributed by atoms with van der Waals surface area (Å²) in [6.07, 6.45) is 0. The van der Waals surface area contributed by atoms with Crippen molar-refractivity contribution in [2.75, 3.05) is 19.6 Å². The molecular weight excluding hydrogens is 1280 g/mol.